The molecule has 1 heterocycles. The van der Waals surface area contributed by atoms with Gasteiger partial charge in [0.2, 0.25) is 0 Å². The first-order chi connectivity index (χ1) is 13.0. The van der Waals surface area contributed by atoms with Crippen LogP contribution in [0, 0.1) is 5.92 Å². The summed E-state index contributed by atoms with van der Waals surface area (Å²) >= 11 is 6.14. The van der Waals surface area contributed by atoms with Crippen LogP contribution in [0.5, 0.6) is 0 Å². The van der Waals surface area contributed by atoms with Gasteiger partial charge >= 0.3 is 0 Å². The number of nitrogens with zero attached hydrogens (tertiary/aromatic N) is 1. The fraction of sp³-hybridized carbons (Fsp3) is 0.667. The van der Waals surface area contributed by atoms with Crippen molar-refractivity contribution < 1.29 is 9.47 Å². The standard InChI is InChI=1S/C21H34ClN3O2/c1-4-23-20(24-10-6-11-26-14-17-9-12-27-15-17)25-16-21(2,3)18-7-5-8-19(22)13-18/h5,7-8,13,17H,4,6,9-12,14-16H2,1-3H3,(H2,23,24,25). The number of rotatable bonds is 10. The molecule has 152 valence electrons. The molecule has 0 radical (unpaired) electrons. The quantitative estimate of drug-likeness (QED) is 0.361. The first-order valence-corrected chi connectivity index (χ1v) is 10.3. The normalized spacial score (nSPS) is 17.9. The van der Waals surface area contributed by atoms with Crippen molar-refractivity contribution in [2.24, 2.45) is 10.9 Å². The second-order valence-corrected chi connectivity index (χ2v) is 8.11. The van der Waals surface area contributed by atoms with E-state index in [-0.39, 0.29) is 5.41 Å². The van der Waals surface area contributed by atoms with Crippen molar-refractivity contribution in [1.82, 2.24) is 10.6 Å². The van der Waals surface area contributed by atoms with E-state index < -0.39 is 0 Å². The van der Waals surface area contributed by atoms with Gasteiger partial charge in [0.05, 0.1) is 19.8 Å². The summed E-state index contributed by atoms with van der Waals surface area (Å²) in [5.41, 5.74) is 1.11. The van der Waals surface area contributed by atoms with Gasteiger partial charge in [-0.05, 0) is 37.5 Å². The van der Waals surface area contributed by atoms with Gasteiger partial charge in [0, 0.05) is 42.7 Å². The van der Waals surface area contributed by atoms with Gasteiger partial charge in [-0.15, -0.1) is 0 Å². The molecule has 0 saturated carbocycles. The third-order valence-electron chi connectivity index (χ3n) is 4.72. The lowest BCUT2D eigenvalue weighted by Gasteiger charge is -2.24. The Labute approximate surface area is 168 Å². The third-order valence-corrected chi connectivity index (χ3v) is 4.95. The summed E-state index contributed by atoms with van der Waals surface area (Å²) in [6.45, 7) is 12.1. The van der Waals surface area contributed by atoms with Gasteiger partial charge in [0.1, 0.15) is 0 Å². The second-order valence-electron chi connectivity index (χ2n) is 7.67. The monoisotopic (exact) mass is 395 g/mol. The van der Waals surface area contributed by atoms with E-state index in [0.29, 0.717) is 12.5 Å². The molecule has 1 aliphatic rings. The van der Waals surface area contributed by atoms with E-state index in [2.05, 4.69) is 37.5 Å². The van der Waals surface area contributed by atoms with Crippen molar-refractivity contribution in [3.8, 4) is 0 Å². The zero-order chi connectivity index (χ0) is 19.5. The summed E-state index contributed by atoms with van der Waals surface area (Å²) in [4.78, 5) is 4.77. The average Bonchev–Trinajstić information content (AvgIpc) is 3.16. The van der Waals surface area contributed by atoms with Crippen molar-refractivity contribution >= 4 is 17.6 Å². The minimum Gasteiger partial charge on any atom is -0.381 e. The molecule has 1 aromatic carbocycles. The van der Waals surface area contributed by atoms with E-state index in [1.54, 1.807) is 0 Å². The molecule has 27 heavy (non-hydrogen) atoms. The van der Waals surface area contributed by atoms with Crippen LogP contribution in [0.3, 0.4) is 0 Å². The van der Waals surface area contributed by atoms with Crippen molar-refractivity contribution in [2.45, 2.75) is 39.0 Å². The molecule has 1 fully saturated rings. The lowest BCUT2D eigenvalue weighted by molar-refractivity contribution is 0.0888. The van der Waals surface area contributed by atoms with Gasteiger partial charge in [0.25, 0.3) is 0 Å². The molecule has 0 bridgehead atoms. The number of nitrogens with one attached hydrogen (secondary N) is 2. The molecule has 2 rings (SSSR count). The number of aliphatic imine (C=N–C) groups is 1. The Hall–Kier alpha value is -1.30. The van der Waals surface area contributed by atoms with Crippen LogP contribution >= 0.6 is 11.6 Å². The first-order valence-electron chi connectivity index (χ1n) is 9.95. The highest BCUT2D eigenvalue weighted by Crippen LogP contribution is 2.25. The lowest BCUT2D eigenvalue weighted by Crippen LogP contribution is -2.39. The summed E-state index contributed by atoms with van der Waals surface area (Å²) in [6.07, 6.45) is 2.08. The molecule has 0 aromatic heterocycles. The number of guanidine groups is 1. The van der Waals surface area contributed by atoms with Crippen LogP contribution in [0.1, 0.15) is 39.2 Å². The van der Waals surface area contributed by atoms with Crippen molar-refractivity contribution in [3.05, 3.63) is 34.9 Å². The van der Waals surface area contributed by atoms with E-state index in [1.165, 1.54) is 5.56 Å². The topological polar surface area (TPSA) is 54.9 Å². The molecule has 0 amide bonds. The highest BCUT2D eigenvalue weighted by molar-refractivity contribution is 6.30. The van der Waals surface area contributed by atoms with Gasteiger partial charge in [-0.25, -0.2) is 0 Å². The van der Waals surface area contributed by atoms with Crippen molar-refractivity contribution in [3.63, 3.8) is 0 Å². The minimum absolute atomic E-state index is 0.0836. The van der Waals surface area contributed by atoms with Gasteiger partial charge in [-0.1, -0.05) is 37.6 Å². The Balaban J connectivity index is 1.74. The highest BCUT2D eigenvalue weighted by Gasteiger charge is 2.20. The van der Waals surface area contributed by atoms with Crippen molar-refractivity contribution in [2.75, 3.05) is 46.1 Å². The number of ether oxygens (including phenoxy) is 2. The Morgan fingerprint density at radius 1 is 1.37 bits per heavy atom. The predicted octanol–water partition coefficient (Wildman–Crippen LogP) is 3.62. The van der Waals surface area contributed by atoms with Gasteiger partial charge in [-0.3, -0.25) is 4.99 Å². The van der Waals surface area contributed by atoms with E-state index >= 15 is 0 Å². The maximum absolute atomic E-state index is 6.14. The van der Waals surface area contributed by atoms with Crippen LogP contribution in [0.15, 0.2) is 29.3 Å². The molecule has 1 aromatic rings. The van der Waals surface area contributed by atoms with Crippen LogP contribution in [-0.2, 0) is 14.9 Å². The summed E-state index contributed by atoms with van der Waals surface area (Å²) in [6, 6.07) is 8.01. The molecule has 1 saturated heterocycles. The molecule has 6 heteroatoms. The number of hydrogen-bond donors (Lipinski definition) is 2. The Morgan fingerprint density at radius 3 is 2.93 bits per heavy atom. The molecular weight excluding hydrogens is 362 g/mol. The largest absolute Gasteiger partial charge is 0.381 e. The molecule has 0 spiro atoms. The summed E-state index contributed by atoms with van der Waals surface area (Å²) < 4.78 is 11.1. The van der Waals surface area contributed by atoms with Gasteiger partial charge < -0.3 is 20.1 Å². The predicted molar refractivity (Wildman–Crippen MR) is 113 cm³/mol. The van der Waals surface area contributed by atoms with Crippen LogP contribution in [0.25, 0.3) is 0 Å². The Kier molecular flexibility index (Phi) is 9.39. The molecule has 5 nitrogen and oxygen atoms in total. The fourth-order valence-electron chi connectivity index (χ4n) is 2.96. The second kappa shape index (κ2) is 11.5. The van der Waals surface area contributed by atoms with Crippen molar-refractivity contribution in [1.29, 1.82) is 0 Å². The molecular formula is C21H34ClN3O2. The molecule has 0 aliphatic carbocycles. The average molecular weight is 396 g/mol. The Bertz CT molecular complexity index is 587. The van der Waals surface area contributed by atoms with E-state index in [1.807, 2.05) is 18.2 Å². The van der Waals surface area contributed by atoms with Crippen LogP contribution in [-0.4, -0.2) is 52.0 Å². The van der Waals surface area contributed by atoms with E-state index in [0.717, 1.165) is 63.3 Å². The Morgan fingerprint density at radius 2 is 2.22 bits per heavy atom. The summed E-state index contributed by atoms with van der Waals surface area (Å²) in [7, 11) is 0. The first kappa shape index (κ1) is 22.0. The number of hydrogen-bond acceptors (Lipinski definition) is 3. The maximum atomic E-state index is 6.14. The number of benzene rings is 1. The zero-order valence-corrected chi connectivity index (χ0v) is 17.6. The van der Waals surface area contributed by atoms with Gasteiger partial charge in [0.15, 0.2) is 5.96 Å². The lowest BCUT2D eigenvalue weighted by atomic mass is 9.85. The summed E-state index contributed by atoms with van der Waals surface area (Å²) in [5.74, 6) is 1.42. The van der Waals surface area contributed by atoms with E-state index in [9.17, 15) is 0 Å². The van der Waals surface area contributed by atoms with Gasteiger partial charge in [-0.2, -0.15) is 0 Å². The van der Waals surface area contributed by atoms with Crippen LogP contribution < -0.4 is 10.6 Å². The van der Waals surface area contributed by atoms with E-state index in [4.69, 9.17) is 26.1 Å². The minimum atomic E-state index is -0.0836. The van der Waals surface area contributed by atoms with Crippen LogP contribution in [0.4, 0.5) is 0 Å². The smallest absolute Gasteiger partial charge is 0.191 e. The number of halogens is 1. The highest BCUT2D eigenvalue weighted by atomic mass is 35.5. The summed E-state index contributed by atoms with van der Waals surface area (Å²) in [5, 5.41) is 7.46. The zero-order valence-electron chi connectivity index (χ0n) is 16.9. The molecule has 1 unspecified atom stereocenters. The van der Waals surface area contributed by atoms with Crippen LogP contribution in [0.2, 0.25) is 5.02 Å². The third kappa shape index (κ3) is 8.08. The molecule has 1 aliphatic heterocycles. The molecule has 1 atom stereocenters. The maximum Gasteiger partial charge on any atom is 0.191 e. The molecule has 2 N–H and O–H groups in total. The fourth-order valence-corrected chi connectivity index (χ4v) is 3.16. The SMILES string of the molecule is CCNC(=NCC(C)(C)c1cccc(Cl)c1)NCCCOCC1CCOC1.